The Morgan fingerprint density at radius 2 is 1.01 bits per heavy atom. The summed E-state index contributed by atoms with van der Waals surface area (Å²) in [6, 6.07) is 16.7. The molecule has 556 valence electrons. The number of aliphatic hydroxyl groups excluding tert-OH is 4. The Hall–Kier alpha value is -10.2. The van der Waals surface area contributed by atoms with Gasteiger partial charge in [-0.15, -0.1) is 0 Å². The minimum atomic E-state index is -1.92. The van der Waals surface area contributed by atoms with Gasteiger partial charge >= 0.3 is 24.2 Å². The van der Waals surface area contributed by atoms with Gasteiger partial charge < -0.3 is 98.2 Å². The quantitative estimate of drug-likeness (QED) is 0.0285. The molecule has 11 amide bonds. The van der Waals surface area contributed by atoms with Crippen LogP contribution in [0, 0.1) is 17.8 Å². The van der Waals surface area contributed by atoms with Crippen molar-refractivity contribution in [1.29, 1.82) is 0 Å². The van der Waals surface area contributed by atoms with Crippen LogP contribution in [0.1, 0.15) is 123 Å². The maximum absolute atomic E-state index is 15.2. The molecule has 31 heteroatoms. The standard InChI is InChI=1S/C71H97N11O20/c1-11-40(6)54(64(92)79-55(41(7)85)63(91)73-33-53(86)74-51(34-83)62(90)77-52(35-84)67(95)96)78-60(88)49(30-31-72-68(97)100-36-42-22-14-12-15-23-42)75-61(89)50(32-38(2)3)76-66(94)58(59(87)39(4)5)80-65(93)57(56(43-24-16-13-17-25-43)81-70(99)102-71(8,9)10)82-69(98)101-37-48-46-28-20-18-26-44(46)45-27-19-21-29-47(45)48/h12-29,38-41,48-52,54-59,83-85,87H,11,30-37H2,1-10H3,(H,72,97)(H,73,91)(H,74,86)(H,75,89)(H,76,94)(H,77,90)(H,78,88)(H,79,92)(H,80,93)(H,81,99)(H,82,98)(H,95,96)/t40-,41-,49+,50-,51-,52-,54-,55-,56+,57-,58?,59+/m0/s1. The lowest BCUT2D eigenvalue weighted by Crippen LogP contribution is -2.63. The largest absolute Gasteiger partial charge is 0.480 e. The maximum atomic E-state index is 15.2. The molecule has 0 heterocycles. The summed E-state index contributed by atoms with van der Waals surface area (Å²) in [5.41, 5.74) is 3.56. The summed E-state index contributed by atoms with van der Waals surface area (Å²) in [5, 5.41) is 77.7. The minimum Gasteiger partial charge on any atom is -0.480 e. The first kappa shape index (κ1) is 82.4. The summed E-state index contributed by atoms with van der Waals surface area (Å²) in [5.74, 6) is -12.7. The van der Waals surface area contributed by atoms with E-state index in [0.29, 0.717) is 5.56 Å². The number of alkyl carbamates (subject to hydrolysis) is 3. The van der Waals surface area contributed by atoms with Crippen LogP contribution >= 0.6 is 0 Å². The number of hydrogen-bond acceptors (Lipinski definition) is 19. The highest BCUT2D eigenvalue weighted by Crippen LogP contribution is 2.44. The van der Waals surface area contributed by atoms with Crippen molar-refractivity contribution >= 4 is 71.5 Å². The second kappa shape index (κ2) is 39.7. The maximum Gasteiger partial charge on any atom is 0.408 e. The fraction of sp³-hybridized carbons (Fsp3) is 0.493. The Labute approximate surface area is 591 Å². The van der Waals surface area contributed by atoms with Crippen molar-refractivity contribution in [3.05, 3.63) is 131 Å². The zero-order valence-electron chi connectivity index (χ0n) is 58.8. The van der Waals surface area contributed by atoms with Gasteiger partial charge in [0.25, 0.3) is 0 Å². The average molecular weight is 1420 g/mol. The lowest BCUT2D eigenvalue weighted by atomic mass is 9.95. The van der Waals surface area contributed by atoms with Gasteiger partial charge in [-0.2, -0.15) is 0 Å². The van der Waals surface area contributed by atoms with Crippen LogP contribution in [-0.2, 0) is 64.0 Å². The van der Waals surface area contributed by atoms with Crippen LogP contribution in [0.25, 0.3) is 11.1 Å². The highest BCUT2D eigenvalue weighted by atomic mass is 16.6. The van der Waals surface area contributed by atoms with E-state index in [2.05, 4.69) is 53.2 Å². The molecule has 0 aromatic heterocycles. The van der Waals surface area contributed by atoms with Gasteiger partial charge in [0.2, 0.25) is 47.3 Å². The molecule has 0 fully saturated rings. The van der Waals surface area contributed by atoms with Gasteiger partial charge in [-0.1, -0.05) is 157 Å². The van der Waals surface area contributed by atoms with Gasteiger partial charge in [0.15, 0.2) is 0 Å². The molecule has 0 radical (unpaired) electrons. The third-order valence-electron chi connectivity index (χ3n) is 16.5. The number of rotatable bonds is 37. The Morgan fingerprint density at radius 1 is 0.500 bits per heavy atom. The fourth-order valence-electron chi connectivity index (χ4n) is 10.8. The average Bonchev–Trinajstić information content (AvgIpc) is 1.61. The molecular formula is C71H97N11O20. The van der Waals surface area contributed by atoms with Crippen LogP contribution in [0.5, 0.6) is 0 Å². The molecule has 0 bridgehead atoms. The molecule has 0 aliphatic heterocycles. The third-order valence-corrected chi connectivity index (χ3v) is 16.5. The Morgan fingerprint density at radius 3 is 1.56 bits per heavy atom. The summed E-state index contributed by atoms with van der Waals surface area (Å²) >= 11 is 0. The Balaban J connectivity index is 1.43. The first-order valence-corrected chi connectivity index (χ1v) is 33.6. The summed E-state index contributed by atoms with van der Waals surface area (Å²) in [6.07, 6.45) is -6.76. The van der Waals surface area contributed by atoms with Gasteiger partial charge in [0, 0.05) is 12.5 Å². The number of hydrogen-bond donors (Lipinski definition) is 16. The van der Waals surface area contributed by atoms with Crippen LogP contribution in [0.3, 0.4) is 0 Å². The molecule has 0 spiro atoms. The lowest BCUT2D eigenvalue weighted by molar-refractivity contribution is -0.143. The summed E-state index contributed by atoms with van der Waals surface area (Å²) in [6.45, 7) is 12.1. The minimum absolute atomic E-state index is 0.140. The van der Waals surface area contributed by atoms with E-state index in [1.807, 2.05) is 53.8 Å². The zero-order chi connectivity index (χ0) is 75.5. The second-order valence-corrected chi connectivity index (χ2v) is 26.4. The number of carbonyl (C=O) groups excluding carboxylic acids is 11. The normalized spacial score (nSPS) is 15.3. The fourth-order valence-corrected chi connectivity index (χ4v) is 10.8. The molecule has 1 unspecified atom stereocenters. The third kappa shape index (κ3) is 25.1. The van der Waals surface area contributed by atoms with Crippen molar-refractivity contribution < 1.29 is 97.3 Å². The summed E-state index contributed by atoms with van der Waals surface area (Å²) < 4.78 is 16.9. The second-order valence-electron chi connectivity index (χ2n) is 26.4. The highest BCUT2D eigenvalue weighted by Gasteiger charge is 2.42. The molecule has 5 rings (SSSR count). The van der Waals surface area contributed by atoms with E-state index < -0.39 is 194 Å². The number of fused-ring (bicyclic) bond motifs is 3. The number of carboxylic acid groups (broad SMARTS) is 1. The van der Waals surface area contributed by atoms with Gasteiger partial charge in [-0.3, -0.25) is 38.4 Å². The van der Waals surface area contributed by atoms with E-state index in [0.717, 1.165) is 29.2 Å². The van der Waals surface area contributed by atoms with E-state index in [9.17, 15) is 78.3 Å². The monoisotopic (exact) mass is 1420 g/mol. The zero-order valence-corrected chi connectivity index (χ0v) is 58.8. The molecule has 16 N–H and O–H groups in total. The molecule has 1 aliphatic carbocycles. The predicted octanol–water partition coefficient (Wildman–Crippen LogP) is 1.55. The lowest BCUT2D eigenvalue weighted by Gasteiger charge is -2.33. The molecular weight excluding hydrogens is 1330 g/mol. The van der Waals surface area contributed by atoms with Crippen LogP contribution < -0.4 is 58.5 Å². The van der Waals surface area contributed by atoms with E-state index in [1.54, 1.807) is 123 Å². The van der Waals surface area contributed by atoms with Crippen LogP contribution in [0.15, 0.2) is 109 Å². The number of aliphatic carboxylic acids is 1. The molecule has 4 aromatic carbocycles. The van der Waals surface area contributed by atoms with Crippen molar-refractivity contribution in [3.63, 3.8) is 0 Å². The molecule has 4 aromatic rings. The molecule has 102 heavy (non-hydrogen) atoms. The van der Waals surface area contributed by atoms with Gasteiger partial charge in [0.1, 0.15) is 67.1 Å². The Bertz CT molecular complexity index is 3470. The van der Waals surface area contributed by atoms with Gasteiger partial charge in [-0.25, -0.2) is 19.2 Å². The van der Waals surface area contributed by atoms with Crippen molar-refractivity contribution in [2.24, 2.45) is 17.8 Å². The van der Waals surface area contributed by atoms with E-state index in [1.165, 1.54) is 0 Å². The van der Waals surface area contributed by atoms with Crippen molar-refractivity contribution in [2.75, 3.05) is 32.9 Å². The van der Waals surface area contributed by atoms with Crippen molar-refractivity contribution in [2.45, 2.75) is 173 Å². The first-order valence-electron chi connectivity index (χ1n) is 33.6. The number of ether oxygens (including phenoxy) is 3. The number of nitrogens with one attached hydrogen (secondary N) is 11. The topological polar surface area (TPSA) is 466 Å². The van der Waals surface area contributed by atoms with Gasteiger partial charge in [0.05, 0.1) is 38.0 Å². The van der Waals surface area contributed by atoms with Crippen LogP contribution in [0.2, 0.25) is 0 Å². The predicted molar refractivity (Wildman–Crippen MR) is 370 cm³/mol. The number of aliphatic hydroxyl groups is 4. The SMILES string of the molecule is CC[C@H](C)[C@H](NC(=O)[C@@H](CCNC(=O)OCc1ccccc1)NC(=O)[C@H](CC(C)C)NC(=O)C(NC(=O)[C@@H](NC(=O)OCC1c2ccccc2-c2ccccc21)[C@H](NC(=O)OC(C)(C)C)c1ccccc1)[C@H](O)C(C)C)C(=O)N[C@H](C(=O)NCC(=O)N[C@@H](CO)C(=O)N[C@@H](CO)C(=O)O)[C@H](C)O. The van der Waals surface area contributed by atoms with Crippen molar-refractivity contribution in [3.8, 4) is 11.1 Å². The molecule has 0 saturated carbocycles. The molecule has 31 nitrogen and oxygen atoms in total. The number of benzene rings is 4. The van der Waals surface area contributed by atoms with E-state index >= 15 is 4.79 Å². The van der Waals surface area contributed by atoms with E-state index in [4.69, 9.17) is 14.2 Å². The van der Waals surface area contributed by atoms with Crippen LogP contribution in [-0.4, -0.2) is 196 Å². The molecule has 0 saturated heterocycles. The van der Waals surface area contributed by atoms with E-state index in [-0.39, 0.29) is 38.2 Å². The van der Waals surface area contributed by atoms with Crippen molar-refractivity contribution in [1.82, 2.24) is 58.5 Å². The molecule has 1 aliphatic rings. The summed E-state index contributed by atoms with van der Waals surface area (Å²) in [4.78, 5) is 165. The van der Waals surface area contributed by atoms with Crippen LogP contribution in [0.4, 0.5) is 14.4 Å². The smallest absolute Gasteiger partial charge is 0.408 e. The first-order chi connectivity index (χ1) is 48.3. The number of amides is 11. The molecule has 12 atom stereocenters. The highest BCUT2D eigenvalue weighted by molar-refractivity contribution is 5.98. The number of carbonyl (C=O) groups is 12. The Kier molecular flexibility index (Phi) is 32.1. The van der Waals surface area contributed by atoms with Gasteiger partial charge in [-0.05, 0) is 91.7 Å². The number of carboxylic acids is 1. The summed E-state index contributed by atoms with van der Waals surface area (Å²) in [7, 11) is 0.